The molecule has 1 N–H and O–H groups in total. The minimum absolute atomic E-state index is 0.519. The lowest BCUT2D eigenvalue weighted by Crippen LogP contribution is -2.18. The Morgan fingerprint density at radius 3 is 2.92 bits per heavy atom. The largest absolute Gasteiger partial charge is 0.450 e. The van der Waals surface area contributed by atoms with E-state index in [9.17, 15) is 0 Å². The molecule has 0 aliphatic heterocycles. The van der Waals surface area contributed by atoms with Gasteiger partial charge in [-0.15, -0.1) is 0 Å². The first kappa shape index (κ1) is 9.59. The Morgan fingerprint density at radius 2 is 2.33 bits per heavy atom. The van der Waals surface area contributed by atoms with Crippen molar-refractivity contribution in [1.82, 2.24) is 0 Å². The smallest absolute Gasteiger partial charge is 0.322 e. The molecule has 0 fully saturated rings. The average molecular weight is 163 g/mol. The van der Waals surface area contributed by atoms with E-state index in [1.54, 1.807) is 0 Å². The minimum Gasteiger partial charge on any atom is -0.450 e. The van der Waals surface area contributed by atoms with Gasteiger partial charge in [0, 0.05) is 0 Å². The number of rotatable bonds is 3. The van der Waals surface area contributed by atoms with Gasteiger partial charge in [-0.2, -0.15) is 0 Å². The number of allylic oxidation sites excluding steroid dienone is 4. The molecule has 1 unspecified atom stereocenters. The van der Waals surface area contributed by atoms with Crippen molar-refractivity contribution in [3.63, 3.8) is 0 Å². The van der Waals surface area contributed by atoms with E-state index in [1.165, 1.54) is 13.9 Å². The molecule has 2 heteroatoms. The maximum absolute atomic E-state index is 8.98. The Morgan fingerprint density at radius 1 is 1.58 bits per heavy atom. The van der Waals surface area contributed by atoms with Gasteiger partial charge in [-0.3, -0.25) is 0 Å². The van der Waals surface area contributed by atoms with E-state index in [2.05, 4.69) is 19.9 Å². The standard InChI is InChI=1S/C10H16BO/c1-3-5-9-8(2)6-4-7-10(9)11-12/h4,6-9,12H,3,5H2,1-2H3/t8-,9?/m1/s1. The summed E-state index contributed by atoms with van der Waals surface area (Å²) in [5.41, 5.74) is 1.08. The molecule has 1 aliphatic rings. The van der Waals surface area contributed by atoms with E-state index in [0.29, 0.717) is 11.8 Å². The van der Waals surface area contributed by atoms with Gasteiger partial charge in [0.2, 0.25) is 0 Å². The van der Waals surface area contributed by atoms with Crippen LogP contribution in [0.1, 0.15) is 26.7 Å². The highest BCUT2D eigenvalue weighted by Crippen LogP contribution is 2.28. The van der Waals surface area contributed by atoms with Crippen LogP contribution in [0.15, 0.2) is 23.7 Å². The first-order valence-corrected chi connectivity index (χ1v) is 4.65. The molecule has 0 spiro atoms. The van der Waals surface area contributed by atoms with Crippen molar-refractivity contribution >= 4 is 7.48 Å². The van der Waals surface area contributed by atoms with Crippen molar-refractivity contribution in [3.8, 4) is 0 Å². The molecule has 12 heavy (non-hydrogen) atoms. The highest BCUT2D eigenvalue weighted by Gasteiger charge is 2.20. The highest BCUT2D eigenvalue weighted by molar-refractivity contribution is 6.36. The van der Waals surface area contributed by atoms with Gasteiger partial charge in [-0.1, -0.05) is 44.0 Å². The van der Waals surface area contributed by atoms with Crippen molar-refractivity contribution in [2.24, 2.45) is 11.8 Å². The van der Waals surface area contributed by atoms with Gasteiger partial charge in [0.15, 0.2) is 0 Å². The summed E-state index contributed by atoms with van der Waals surface area (Å²) in [5, 5.41) is 8.98. The van der Waals surface area contributed by atoms with Crippen LogP contribution in [0.5, 0.6) is 0 Å². The fourth-order valence-electron chi connectivity index (χ4n) is 1.78. The zero-order valence-corrected chi connectivity index (χ0v) is 7.83. The third-order valence-corrected chi connectivity index (χ3v) is 2.51. The summed E-state index contributed by atoms with van der Waals surface area (Å²) >= 11 is 0. The predicted octanol–water partition coefficient (Wildman–Crippen LogP) is 2.10. The molecule has 0 amide bonds. The molecule has 1 rings (SSSR count). The predicted molar refractivity (Wildman–Crippen MR) is 52.8 cm³/mol. The van der Waals surface area contributed by atoms with Crippen LogP contribution in [0.3, 0.4) is 0 Å². The van der Waals surface area contributed by atoms with Crippen LogP contribution in [0.4, 0.5) is 0 Å². The van der Waals surface area contributed by atoms with Crippen LogP contribution in [0.2, 0.25) is 0 Å². The highest BCUT2D eigenvalue weighted by atomic mass is 16.2. The molecule has 0 heterocycles. The lowest BCUT2D eigenvalue weighted by atomic mass is 9.69. The van der Waals surface area contributed by atoms with Gasteiger partial charge in [-0.25, -0.2) is 0 Å². The first-order valence-electron chi connectivity index (χ1n) is 4.65. The summed E-state index contributed by atoms with van der Waals surface area (Å²) in [6, 6.07) is 0. The van der Waals surface area contributed by atoms with Crippen molar-refractivity contribution in [1.29, 1.82) is 0 Å². The van der Waals surface area contributed by atoms with Crippen LogP contribution in [0.25, 0.3) is 0 Å². The normalized spacial score (nSPS) is 28.4. The van der Waals surface area contributed by atoms with Crippen molar-refractivity contribution in [3.05, 3.63) is 23.7 Å². The molecule has 1 radical (unpaired) electrons. The molecule has 1 aliphatic carbocycles. The van der Waals surface area contributed by atoms with E-state index in [0.717, 1.165) is 11.9 Å². The average Bonchev–Trinajstić information content (AvgIpc) is 2.09. The van der Waals surface area contributed by atoms with Gasteiger partial charge in [0.25, 0.3) is 0 Å². The molecule has 0 bridgehead atoms. The van der Waals surface area contributed by atoms with Gasteiger partial charge in [0.1, 0.15) is 0 Å². The van der Waals surface area contributed by atoms with Crippen molar-refractivity contribution in [2.45, 2.75) is 26.7 Å². The zero-order valence-electron chi connectivity index (χ0n) is 7.83. The lowest BCUT2D eigenvalue weighted by molar-refractivity contribution is 0.448. The Bertz CT molecular complexity index is 196. The van der Waals surface area contributed by atoms with Gasteiger partial charge in [-0.05, 0) is 18.3 Å². The fourth-order valence-corrected chi connectivity index (χ4v) is 1.78. The summed E-state index contributed by atoms with van der Waals surface area (Å²) in [5.74, 6) is 1.08. The van der Waals surface area contributed by atoms with Crippen molar-refractivity contribution < 1.29 is 5.02 Å². The zero-order chi connectivity index (χ0) is 8.97. The van der Waals surface area contributed by atoms with E-state index in [-0.39, 0.29) is 0 Å². The quantitative estimate of drug-likeness (QED) is 0.631. The first-order chi connectivity index (χ1) is 5.79. The second-order valence-electron chi connectivity index (χ2n) is 3.43. The van der Waals surface area contributed by atoms with Crippen molar-refractivity contribution in [2.75, 3.05) is 0 Å². The monoisotopic (exact) mass is 163 g/mol. The minimum atomic E-state index is 0.519. The van der Waals surface area contributed by atoms with Crippen LogP contribution < -0.4 is 0 Å². The van der Waals surface area contributed by atoms with Crippen LogP contribution >= 0.6 is 0 Å². The SMILES string of the molecule is CCCC1C([B]O)=CC=C[C@H]1C. The molecular formula is C10H16BO. The van der Waals surface area contributed by atoms with E-state index in [4.69, 9.17) is 5.02 Å². The molecule has 0 aromatic carbocycles. The van der Waals surface area contributed by atoms with E-state index >= 15 is 0 Å². The number of hydrogen-bond donors (Lipinski definition) is 1. The third kappa shape index (κ3) is 2.01. The van der Waals surface area contributed by atoms with Gasteiger partial charge >= 0.3 is 7.48 Å². The summed E-state index contributed by atoms with van der Waals surface area (Å²) in [6.07, 6.45) is 8.56. The van der Waals surface area contributed by atoms with Crippen LogP contribution in [0, 0.1) is 11.8 Å². The second-order valence-corrected chi connectivity index (χ2v) is 3.43. The lowest BCUT2D eigenvalue weighted by Gasteiger charge is -2.25. The molecule has 2 atom stereocenters. The summed E-state index contributed by atoms with van der Waals surface area (Å²) < 4.78 is 0. The molecule has 0 saturated heterocycles. The number of hydrogen-bond acceptors (Lipinski definition) is 1. The topological polar surface area (TPSA) is 20.2 Å². The Hall–Kier alpha value is -0.495. The third-order valence-electron chi connectivity index (χ3n) is 2.51. The summed E-state index contributed by atoms with van der Waals surface area (Å²) in [7, 11) is 1.25. The molecule has 1 nitrogen and oxygen atoms in total. The molecule has 65 valence electrons. The summed E-state index contributed by atoms with van der Waals surface area (Å²) in [4.78, 5) is 0. The Labute approximate surface area is 75.5 Å². The molecular weight excluding hydrogens is 147 g/mol. The van der Waals surface area contributed by atoms with Gasteiger partial charge in [0.05, 0.1) is 0 Å². The van der Waals surface area contributed by atoms with Crippen LogP contribution in [-0.4, -0.2) is 12.5 Å². The van der Waals surface area contributed by atoms with E-state index in [1.807, 2.05) is 12.2 Å². The summed E-state index contributed by atoms with van der Waals surface area (Å²) in [6.45, 7) is 4.38. The van der Waals surface area contributed by atoms with Crippen LogP contribution in [-0.2, 0) is 0 Å². The molecule has 0 aromatic rings. The molecule has 0 aromatic heterocycles. The Balaban J connectivity index is 2.66. The van der Waals surface area contributed by atoms with Gasteiger partial charge < -0.3 is 5.02 Å². The maximum Gasteiger partial charge on any atom is 0.322 e. The Kier molecular flexibility index (Phi) is 3.61. The fraction of sp³-hybridized carbons (Fsp3) is 0.600. The second kappa shape index (κ2) is 4.51. The van der Waals surface area contributed by atoms with E-state index < -0.39 is 0 Å². The molecule has 0 saturated carbocycles. The maximum atomic E-state index is 8.98.